The molecule has 5 heteroatoms. The van der Waals surface area contributed by atoms with Gasteiger partial charge in [-0.3, -0.25) is 0 Å². The molecule has 0 aromatic rings. The van der Waals surface area contributed by atoms with Gasteiger partial charge >= 0.3 is 5.97 Å². The second-order valence-corrected chi connectivity index (χ2v) is 13.1. The molecule has 1 fully saturated rings. The zero-order chi connectivity index (χ0) is 30.3. The molecule has 2 N–H and O–H groups in total. The lowest BCUT2D eigenvalue weighted by Gasteiger charge is -2.22. The van der Waals surface area contributed by atoms with Crippen LogP contribution in [0.2, 0.25) is 0 Å². The summed E-state index contributed by atoms with van der Waals surface area (Å²) in [7, 11) is 0. The van der Waals surface area contributed by atoms with Gasteiger partial charge in [-0.25, -0.2) is 4.79 Å². The highest BCUT2D eigenvalue weighted by molar-refractivity contribution is 5.90. The molecule has 0 bridgehead atoms. The Labute approximate surface area is 258 Å². The van der Waals surface area contributed by atoms with Crippen molar-refractivity contribution in [3.8, 4) is 0 Å². The van der Waals surface area contributed by atoms with Crippen molar-refractivity contribution in [2.75, 3.05) is 0 Å². The summed E-state index contributed by atoms with van der Waals surface area (Å²) in [6, 6.07) is 0. The highest BCUT2D eigenvalue weighted by Gasteiger charge is 2.33. The Morgan fingerprint density at radius 1 is 0.714 bits per heavy atom. The molecule has 0 aromatic heterocycles. The molecule has 42 heavy (non-hydrogen) atoms. The highest BCUT2D eigenvalue weighted by Crippen LogP contribution is 2.28. The first-order valence-electron chi connectivity index (χ1n) is 18.1. The van der Waals surface area contributed by atoms with E-state index in [0.29, 0.717) is 0 Å². The number of cyclic esters (lactones) is 1. The summed E-state index contributed by atoms with van der Waals surface area (Å²) in [5.74, 6) is -0.119. The van der Waals surface area contributed by atoms with Gasteiger partial charge in [-0.15, -0.1) is 0 Å². The zero-order valence-electron chi connectivity index (χ0n) is 27.4. The normalized spacial score (nSPS) is 22.1. The Bertz CT molecular complexity index is 732. The van der Waals surface area contributed by atoms with Gasteiger partial charge in [0.05, 0.1) is 24.4 Å². The smallest absolute Gasteiger partial charge is 0.334 e. The van der Waals surface area contributed by atoms with Gasteiger partial charge in [0.1, 0.15) is 6.10 Å². The number of hydrogen-bond acceptors (Lipinski definition) is 5. The predicted molar refractivity (Wildman–Crippen MR) is 175 cm³/mol. The van der Waals surface area contributed by atoms with Crippen LogP contribution in [0.25, 0.3) is 0 Å². The Balaban J connectivity index is 1.36. The quantitative estimate of drug-likeness (QED) is 0.0566. The molecule has 0 spiro atoms. The lowest BCUT2D eigenvalue weighted by Crippen LogP contribution is -2.30. The topological polar surface area (TPSA) is 76.0 Å². The molecule has 1 saturated heterocycles. The number of hydrogen-bond donors (Lipinski definition) is 2. The van der Waals surface area contributed by atoms with Crippen molar-refractivity contribution in [3.63, 3.8) is 0 Å². The number of ether oxygens (including phenoxy) is 2. The van der Waals surface area contributed by atoms with Gasteiger partial charge in [-0.05, 0) is 70.8 Å². The third kappa shape index (κ3) is 17.2. The monoisotopic (exact) mass is 590 g/mol. The molecule has 0 aliphatic carbocycles. The summed E-state index contributed by atoms with van der Waals surface area (Å²) in [4.78, 5) is 11.6. The van der Waals surface area contributed by atoms with Gasteiger partial charge in [0.2, 0.25) is 0 Å². The summed E-state index contributed by atoms with van der Waals surface area (Å²) < 4.78 is 11.2. The van der Waals surface area contributed by atoms with Crippen molar-refractivity contribution in [2.24, 2.45) is 0 Å². The van der Waals surface area contributed by atoms with Crippen LogP contribution in [0.5, 0.6) is 0 Å². The van der Waals surface area contributed by atoms with E-state index in [0.717, 1.165) is 63.4 Å². The number of aliphatic hydroxyl groups is 2. The molecule has 2 aliphatic heterocycles. The van der Waals surface area contributed by atoms with Crippen LogP contribution in [0.4, 0.5) is 0 Å². The van der Waals surface area contributed by atoms with Crippen molar-refractivity contribution >= 4 is 5.97 Å². The van der Waals surface area contributed by atoms with Gasteiger partial charge in [-0.2, -0.15) is 0 Å². The van der Waals surface area contributed by atoms with E-state index in [1.807, 2.05) is 13.0 Å². The van der Waals surface area contributed by atoms with Gasteiger partial charge in [-0.1, -0.05) is 122 Å². The molecule has 244 valence electrons. The van der Waals surface area contributed by atoms with Gasteiger partial charge in [0.25, 0.3) is 0 Å². The Kier molecular flexibility index (Phi) is 21.3. The number of esters is 1. The van der Waals surface area contributed by atoms with Crippen LogP contribution >= 0.6 is 0 Å². The maximum absolute atomic E-state index is 11.6. The van der Waals surface area contributed by atoms with E-state index >= 15 is 0 Å². The van der Waals surface area contributed by atoms with E-state index in [9.17, 15) is 15.0 Å². The molecule has 2 rings (SSSR count). The van der Waals surface area contributed by atoms with E-state index in [-0.39, 0.29) is 24.3 Å². The lowest BCUT2D eigenvalue weighted by atomic mass is 10.0. The third-order valence-corrected chi connectivity index (χ3v) is 9.15. The molecule has 2 aliphatic rings. The molecule has 2 heterocycles. The van der Waals surface area contributed by atoms with Gasteiger partial charge < -0.3 is 19.7 Å². The van der Waals surface area contributed by atoms with Gasteiger partial charge in [0.15, 0.2) is 0 Å². The Morgan fingerprint density at radius 3 is 1.79 bits per heavy atom. The van der Waals surface area contributed by atoms with Crippen LogP contribution in [0.15, 0.2) is 23.8 Å². The fourth-order valence-electron chi connectivity index (χ4n) is 6.42. The van der Waals surface area contributed by atoms with E-state index in [4.69, 9.17) is 9.47 Å². The van der Waals surface area contributed by atoms with Crippen LogP contribution in [-0.4, -0.2) is 46.7 Å². The van der Waals surface area contributed by atoms with Crippen molar-refractivity contribution in [1.82, 2.24) is 0 Å². The minimum atomic E-state index is -0.428. The maximum Gasteiger partial charge on any atom is 0.334 e. The molecular weight excluding hydrogens is 524 g/mol. The first kappa shape index (κ1) is 37.0. The number of rotatable bonds is 27. The predicted octanol–water partition coefficient (Wildman–Crippen LogP) is 9.68. The number of aliphatic hydroxyl groups excluding tert-OH is 2. The van der Waals surface area contributed by atoms with E-state index in [1.54, 1.807) is 0 Å². The second kappa shape index (κ2) is 24.2. The first-order chi connectivity index (χ1) is 20.5. The zero-order valence-corrected chi connectivity index (χ0v) is 27.4. The summed E-state index contributed by atoms with van der Waals surface area (Å²) >= 11 is 0. The summed E-state index contributed by atoms with van der Waals surface area (Å²) in [5, 5.41) is 21.2. The molecule has 5 nitrogen and oxygen atoms in total. The average molecular weight is 591 g/mol. The van der Waals surface area contributed by atoms with Crippen molar-refractivity contribution < 1.29 is 24.5 Å². The molecule has 0 radical (unpaired) electrons. The lowest BCUT2D eigenvalue weighted by molar-refractivity contribution is -0.139. The van der Waals surface area contributed by atoms with Crippen molar-refractivity contribution in [1.29, 1.82) is 0 Å². The van der Waals surface area contributed by atoms with Crippen LogP contribution < -0.4 is 0 Å². The first-order valence-corrected chi connectivity index (χ1v) is 18.1. The van der Waals surface area contributed by atoms with E-state index < -0.39 is 12.2 Å². The van der Waals surface area contributed by atoms with Crippen LogP contribution in [0, 0.1) is 0 Å². The Hall–Kier alpha value is -1.17. The third-order valence-electron chi connectivity index (χ3n) is 9.15. The number of unbranched alkanes of at least 4 members (excludes halogenated alkanes) is 17. The standard InChI is InChI=1S/C37H66O5/c1-3-4-5-6-7-8-9-10-14-17-20-23-26-33(38)35-28-29-36(42-35)34(39)27-24-21-18-15-12-11-13-16-19-22-25-32-30-31(2)41-37(32)40/h17,20,30-31,33-36,38-39H,3-16,18-19,21-29H2,1-2H3/b20-17-/t31-,33+,34+,35+,36+/m0/s1. The van der Waals surface area contributed by atoms with Gasteiger partial charge in [0, 0.05) is 5.57 Å². The average Bonchev–Trinajstić information content (AvgIpc) is 3.60. The minimum absolute atomic E-state index is 0.0464. The molecule has 0 amide bonds. The number of allylic oxidation sites excluding steroid dienone is 2. The summed E-state index contributed by atoms with van der Waals surface area (Å²) in [6.07, 6.45) is 34.5. The van der Waals surface area contributed by atoms with Crippen molar-refractivity contribution in [3.05, 3.63) is 23.8 Å². The van der Waals surface area contributed by atoms with Crippen LogP contribution in [0.3, 0.4) is 0 Å². The van der Waals surface area contributed by atoms with Crippen LogP contribution in [0.1, 0.15) is 174 Å². The molecule has 0 aromatic carbocycles. The fourth-order valence-corrected chi connectivity index (χ4v) is 6.42. The summed E-state index contributed by atoms with van der Waals surface area (Å²) in [5.41, 5.74) is 0.868. The SMILES string of the molecule is CCCCCCCCCC/C=C\CC[C@@H](O)[C@H]1CC[C@H]([C@H](O)CCCCCCCCCCCCC2=C[C@H](C)OC2=O)O1. The molecule has 0 unspecified atom stereocenters. The van der Waals surface area contributed by atoms with Crippen molar-refractivity contribution in [2.45, 2.75) is 205 Å². The molecule has 5 atom stereocenters. The minimum Gasteiger partial charge on any atom is -0.455 e. The Morgan fingerprint density at radius 2 is 1.21 bits per heavy atom. The molecular formula is C37H66O5. The highest BCUT2D eigenvalue weighted by atomic mass is 16.5. The van der Waals surface area contributed by atoms with E-state index in [2.05, 4.69) is 19.1 Å². The second-order valence-electron chi connectivity index (χ2n) is 13.1. The van der Waals surface area contributed by atoms with E-state index in [1.165, 1.54) is 103 Å². The largest absolute Gasteiger partial charge is 0.455 e. The summed E-state index contributed by atoms with van der Waals surface area (Å²) in [6.45, 7) is 4.18. The number of carbonyl (C=O) groups is 1. The maximum atomic E-state index is 11.6. The fraction of sp³-hybridized carbons (Fsp3) is 0.865. The van der Waals surface area contributed by atoms with Crippen LogP contribution in [-0.2, 0) is 14.3 Å². The molecule has 0 saturated carbocycles. The number of carbonyl (C=O) groups excluding carboxylic acids is 1.